The number of hydrogen-bond donors (Lipinski definition) is 2. The number of carbonyl (C=O) groups excluding carboxylic acids is 1. The molecule has 1 aliphatic carbocycles. The Morgan fingerprint density at radius 3 is 2.54 bits per heavy atom. The fourth-order valence-electron chi connectivity index (χ4n) is 4.71. The van der Waals surface area contributed by atoms with Gasteiger partial charge < -0.3 is 10.2 Å². The van der Waals surface area contributed by atoms with Crippen molar-refractivity contribution in [3.63, 3.8) is 0 Å². The molecule has 1 aliphatic heterocycles. The monoisotopic (exact) mass is 388 g/mol. The fraction of sp³-hybridized carbons (Fsp3) is 0.429. The molecule has 2 fully saturated rings. The Morgan fingerprint density at radius 1 is 1.18 bits per heavy atom. The van der Waals surface area contributed by atoms with Crippen molar-refractivity contribution >= 4 is 5.78 Å². The molecule has 28 heavy (non-hydrogen) atoms. The van der Waals surface area contributed by atoms with Crippen molar-refractivity contribution in [2.24, 2.45) is 11.8 Å². The van der Waals surface area contributed by atoms with Crippen molar-refractivity contribution in [3.8, 4) is 5.75 Å². The maximum Gasteiger partial charge on any atom is 0.195 e. The molecule has 0 radical (unpaired) electrons. The van der Waals surface area contributed by atoms with E-state index in [1.54, 1.807) is 0 Å². The second-order valence-corrected chi connectivity index (χ2v) is 8.06. The van der Waals surface area contributed by atoms with Gasteiger partial charge in [0.1, 0.15) is 11.4 Å². The van der Waals surface area contributed by atoms with Crippen molar-refractivity contribution in [2.45, 2.75) is 24.9 Å². The molecule has 1 saturated carbocycles. The molecule has 5 nitrogen and oxygen atoms in total. The first kappa shape index (κ1) is 19.0. The van der Waals surface area contributed by atoms with Crippen LogP contribution in [0.1, 0.15) is 28.9 Å². The molecule has 0 spiro atoms. The average Bonchev–Trinajstić information content (AvgIpc) is 3.13. The van der Waals surface area contributed by atoms with E-state index in [1.165, 1.54) is 30.5 Å². The van der Waals surface area contributed by atoms with Crippen LogP contribution in [-0.4, -0.2) is 51.1 Å². The van der Waals surface area contributed by atoms with Crippen LogP contribution in [0.15, 0.2) is 36.5 Å². The highest BCUT2D eigenvalue weighted by Crippen LogP contribution is 2.45. The number of Topliss-reactive ketones (excluding diaryl/α,β-unsaturated/α-hetero) is 1. The Labute approximate surface area is 161 Å². The summed E-state index contributed by atoms with van der Waals surface area (Å²) in [6, 6.07) is 6.98. The number of carbonyl (C=O) groups is 1. The minimum atomic E-state index is -1.04. The Bertz CT molecular complexity index is 874. The van der Waals surface area contributed by atoms with Crippen LogP contribution in [0, 0.1) is 23.5 Å². The van der Waals surface area contributed by atoms with E-state index in [2.05, 4.69) is 9.88 Å². The molecule has 4 rings (SSSR count). The SMILES string of the molecule is O=C(CN1C[C@@H]2C[C@](O)(Cc3cccc(F)c3F)C[C@@H]2C1)c1ccc(O)cn1. The quantitative estimate of drug-likeness (QED) is 0.771. The van der Waals surface area contributed by atoms with Crippen LogP contribution in [0.25, 0.3) is 0 Å². The van der Waals surface area contributed by atoms with Crippen LogP contribution in [-0.2, 0) is 6.42 Å². The molecule has 2 N–H and O–H groups in total. The molecule has 0 unspecified atom stereocenters. The summed E-state index contributed by atoms with van der Waals surface area (Å²) in [6.07, 6.45) is 2.36. The number of likely N-dealkylation sites (tertiary alicyclic amines) is 1. The number of benzene rings is 1. The van der Waals surface area contributed by atoms with Gasteiger partial charge in [0, 0.05) is 19.5 Å². The summed E-state index contributed by atoms with van der Waals surface area (Å²) < 4.78 is 27.4. The van der Waals surface area contributed by atoms with Gasteiger partial charge in [0.15, 0.2) is 17.4 Å². The highest BCUT2D eigenvalue weighted by Gasteiger charge is 2.48. The zero-order valence-electron chi connectivity index (χ0n) is 15.3. The molecule has 0 amide bonds. The number of pyridine rings is 1. The largest absolute Gasteiger partial charge is 0.506 e. The number of halogens is 2. The van der Waals surface area contributed by atoms with Gasteiger partial charge in [-0.2, -0.15) is 0 Å². The average molecular weight is 388 g/mol. The molecule has 2 aliphatic rings. The molecule has 1 saturated heterocycles. The third kappa shape index (κ3) is 3.77. The second kappa shape index (κ2) is 7.22. The lowest BCUT2D eigenvalue weighted by atomic mass is 9.91. The first-order valence-electron chi connectivity index (χ1n) is 9.39. The van der Waals surface area contributed by atoms with Crippen molar-refractivity contribution < 1.29 is 23.8 Å². The Morgan fingerprint density at radius 2 is 1.89 bits per heavy atom. The van der Waals surface area contributed by atoms with E-state index < -0.39 is 17.2 Å². The number of fused-ring (bicyclic) bond motifs is 1. The van der Waals surface area contributed by atoms with Crippen LogP contribution in [0.2, 0.25) is 0 Å². The summed E-state index contributed by atoms with van der Waals surface area (Å²) in [5.74, 6) is -1.43. The molecule has 1 aromatic carbocycles. The third-order valence-electron chi connectivity index (χ3n) is 5.89. The van der Waals surface area contributed by atoms with Crippen molar-refractivity contribution in [1.82, 2.24) is 9.88 Å². The highest BCUT2D eigenvalue weighted by molar-refractivity contribution is 5.95. The zero-order valence-corrected chi connectivity index (χ0v) is 15.3. The number of rotatable bonds is 5. The van der Waals surface area contributed by atoms with Crippen LogP contribution >= 0.6 is 0 Å². The van der Waals surface area contributed by atoms with Gasteiger partial charge in [-0.15, -0.1) is 0 Å². The van der Waals surface area contributed by atoms with Crippen molar-refractivity contribution in [2.75, 3.05) is 19.6 Å². The molecule has 0 bridgehead atoms. The summed E-state index contributed by atoms with van der Waals surface area (Å²) in [6.45, 7) is 1.60. The first-order chi connectivity index (χ1) is 13.3. The lowest BCUT2D eigenvalue weighted by molar-refractivity contribution is 0.0346. The van der Waals surface area contributed by atoms with Crippen molar-refractivity contribution in [1.29, 1.82) is 0 Å². The van der Waals surface area contributed by atoms with E-state index in [9.17, 15) is 23.8 Å². The van der Waals surface area contributed by atoms with Crippen LogP contribution in [0.3, 0.4) is 0 Å². The smallest absolute Gasteiger partial charge is 0.195 e. The standard InChI is InChI=1S/C21H22F2N2O3/c22-17-3-1-2-13(20(17)23)6-21(28)7-14-10-25(11-15(14)8-21)12-19(27)18-5-4-16(26)9-24-18/h1-5,9,14-15,26,28H,6-8,10-12H2/t14-,15+,21+. The molecule has 148 valence electrons. The van der Waals surface area contributed by atoms with Crippen molar-refractivity contribution in [3.05, 3.63) is 59.4 Å². The van der Waals surface area contributed by atoms with Gasteiger partial charge in [0.25, 0.3) is 0 Å². The third-order valence-corrected chi connectivity index (χ3v) is 5.89. The number of aliphatic hydroxyl groups is 1. The summed E-state index contributed by atoms with van der Waals surface area (Å²) >= 11 is 0. The van der Waals surface area contributed by atoms with Gasteiger partial charge >= 0.3 is 0 Å². The van der Waals surface area contributed by atoms with E-state index in [1.807, 2.05) is 0 Å². The molecule has 7 heteroatoms. The van der Waals surface area contributed by atoms with Gasteiger partial charge in [0.05, 0.1) is 18.3 Å². The van der Waals surface area contributed by atoms with E-state index in [-0.39, 0.29) is 41.9 Å². The Kier molecular flexibility index (Phi) is 4.89. The number of hydrogen-bond acceptors (Lipinski definition) is 5. The fourth-order valence-corrected chi connectivity index (χ4v) is 4.71. The number of nitrogens with zero attached hydrogens (tertiary/aromatic N) is 2. The minimum absolute atomic E-state index is 0.0151. The van der Waals surface area contributed by atoms with Gasteiger partial charge in [-0.1, -0.05) is 12.1 Å². The number of aromatic hydroxyl groups is 1. The molecular weight excluding hydrogens is 366 g/mol. The summed E-state index contributed by atoms with van der Waals surface area (Å²) in [7, 11) is 0. The van der Waals surface area contributed by atoms with E-state index in [0.29, 0.717) is 31.6 Å². The predicted octanol–water partition coefficient (Wildman–Crippen LogP) is 2.56. The van der Waals surface area contributed by atoms with E-state index >= 15 is 0 Å². The lowest BCUT2D eigenvalue weighted by Crippen LogP contribution is -2.34. The van der Waals surface area contributed by atoms with E-state index in [0.717, 1.165) is 6.07 Å². The normalized spacial score (nSPS) is 27.1. The molecule has 1 aromatic heterocycles. The zero-order chi connectivity index (χ0) is 19.9. The van der Waals surface area contributed by atoms with Gasteiger partial charge in [-0.25, -0.2) is 13.8 Å². The summed E-state index contributed by atoms with van der Waals surface area (Å²) in [5, 5.41) is 20.2. The minimum Gasteiger partial charge on any atom is -0.506 e. The van der Waals surface area contributed by atoms with Crippen LogP contribution < -0.4 is 0 Å². The maximum absolute atomic E-state index is 14.0. The molecular formula is C21H22F2N2O3. The first-order valence-corrected chi connectivity index (χ1v) is 9.39. The predicted molar refractivity (Wildman–Crippen MR) is 97.9 cm³/mol. The molecule has 2 aromatic rings. The van der Waals surface area contributed by atoms with E-state index in [4.69, 9.17) is 0 Å². The van der Waals surface area contributed by atoms with Gasteiger partial charge in [-0.3, -0.25) is 9.69 Å². The number of ketones is 1. The maximum atomic E-state index is 14.0. The number of aromatic nitrogens is 1. The highest BCUT2D eigenvalue weighted by atomic mass is 19.2. The lowest BCUT2D eigenvalue weighted by Gasteiger charge is -2.26. The molecule has 2 heterocycles. The van der Waals surface area contributed by atoms with Crippen LogP contribution in [0.5, 0.6) is 5.75 Å². The second-order valence-electron chi connectivity index (χ2n) is 8.06. The summed E-state index contributed by atoms with van der Waals surface area (Å²) in [4.78, 5) is 18.4. The topological polar surface area (TPSA) is 73.7 Å². The Hall–Kier alpha value is -2.38. The molecule has 3 atom stereocenters. The summed E-state index contributed by atoms with van der Waals surface area (Å²) in [5.41, 5.74) is -0.528. The van der Waals surface area contributed by atoms with Crippen LogP contribution in [0.4, 0.5) is 8.78 Å². The Balaban J connectivity index is 1.35. The van der Waals surface area contributed by atoms with Gasteiger partial charge in [0.2, 0.25) is 0 Å². The van der Waals surface area contributed by atoms with Gasteiger partial charge in [-0.05, 0) is 48.4 Å².